The molecule has 0 saturated carbocycles. The summed E-state index contributed by atoms with van der Waals surface area (Å²) in [6.07, 6.45) is -7.92. The maximum absolute atomic E-state index is 13.5. The number of nitrogens with zero attached hydrogens (tertiary/aromatic N) is 7. The smallest absolute Gasteiger partial charge is 0.494 e. The van der Waals surface area contributed by atoms with Crippen molar-refractivity contribution in [2.45, 2.75) is 129 Å². The van der Waals surface area contributed by atoms with Crippen LogP contribution in [0.1, 0.15) is 103 Å². The summed E-state index contributed by atoms with van der Waals surface area (Å²) in [5.74, 6) is 0.934. The second kappa shape index (κ2) is 31.0. The van der Waals surface area contributed by atoms with Crippen molar-refractivity contribution < 1.29 is 86.8 Å². The van der Waals surface area contributed by atoms with Crippen LogP contribution in [0, 0.1) is 13.8 Å². The summed E-state index contributed by atoms with van der Waals surface area (Å²) in [4.78, 5) is 29.2. The van der Waals surface area contributed by atoms with E-state index in [0.29, 0.717) is 84.2 Å². The number of carbonyl (C=O) groups excluding carboxylic acids is 1. The first-order valence-corrected chi connectivity index (χ1v) is 30.4. The molecule has 0 radical (unpaired) electrons. The van der Waals surface area contributed by atoms with E-state index in [9.17, 15) is 44.3 Å². The van der Waals surface area contributed by atoms with E-state index in [0.717, 1.165) is 34.0 Å². The number of hydrogen-bond donors (Lipinski definition) is 0. The Labute approximate surface area is 540 Å². The largest absolute Gasteiger partial charge is 0.496 e. The molecule has 4 aromatic heterocycles. The maximum atomic E-state index is 13.5. The van der Waals surface area contributed by atoms with Crippen molar-refractivity contribution >= 4 is 46.1 Å². The number of rotatable bonds is 14. The Bertz CT molecular complexity index is 3650. The molecule has 29 heteroatoms. The molecular weight excluding hydrogens is 1310 g/mol. The summed E-state index contributed by atoms with van der Waals surface area (Å²) >= 11 is 9.34. The van der Waals surface area contributed by atoms with Crippen LogP contribution in [0.4, 0.5) is 39.5 Å². The van der Waals surface area contributed by atoms with Gasteiger partial charge in [0.25, 0.3) is 19.3 Å². The first-order valence-electron chi connectivity index (χ1n) is 29.2. The molecule has 11 rings (SSSR count). The van der Waals surface area contributed by atoms with Crippen molar-refractivity contribution in [3.63, 3.8) is 0 Å². The number of esters is 1. The number of ether oxygens (including phenoxy) is 7. The van der Waals surface area contributed by atoms with Gasteiger partial charge in [0.2, 0.25) is 5.28 Å². The first-order chi connectivity index (χ1) is 43.8. The molecular formula is C63H71BBrClF9N7O10. The third kappa shape index (κ3) is 16.1. The number of aromatic nitrogens is 7. The Morgan fingerprint density at radius 2 is 1.01 bits per heavy atom. The molecule has 0 unspecified atom stereocenters. The van der Waals surface area contributed by atoms with E-state index in [2.05, 4.69) is 35.6 Å². The number of fused-ring (bicyclic) bond motifs is 3. The summed E-state index contributed by atoms with van der Waals surface area (Å²) < 4.78 is 172. The van der Waals surface area contributed by atoms with Crippen LogP contribution in [0.5, 0.6) is 17.2 Å². The zero-order valence-electron chi connectivity index (χ0n) is 52.2. The second-order valence-electron chi connectivity index (χ2n) is 22.6. The molecule has 92 heavy (non-hydrogen) atoms. The lowest BCUT2D eigenvalue weighted by Crippen LogP contribution is -2.41. The van der Waals surface area contributed by atoms with Gasteiger partial charge in [-0.1, -0.05) is 18.2 Å². The van der Waals surface area contributed by atoms with Gasteiger partial charge in [-0.2, -0.15) is 0 Å². The predicted molar refractivity (Wildman–Crippen MR) is 329 cm³/mol. The Kier molecular flexibility index (Phi) is 24.0. The molecule has 0 amide bonds. The monoisotopic (exact) mass is 1380 g/mol. The van der Waals surface area contributed by atoms with Gasteiger partial charge in [0.05, 0.1) is 113 Å². The van der Waals surface area contributed by atoms with Crippen molar-refractivity contribution in [3.8, 4) is 51.3 Å². The highest BCUT2D eigenvalue weighted by atomic mass is 79.9. The quantitative estimate of drug-likeness (QED) is 0.0573. The van der Waals surface area contributed by atoms with E-state index in [4.69, 9.17) is 54.3 Å². The minimum atomic E-state index is -2.65. The highest BCUT2D eigenvalue weighted by molar-refractivity contribution is 9.10. The van der Waals surface area contributed by atoms with Crippen molar-refractivity contribution in [1.82, 2.24) is 33.6 Å². The van der Waals surface area contributed by atoms with Crippen LogP contribution < -0.4 is 19.7 Å². The van der Waals surface area contributed by atoms with Gasteiger partial charge >= 0.3 is 13.1 Å². The Morgan fingerprint density at radius 1 is 0.587 bits per heavy atom. The van der Waals surface area contributed by atoms with Crippen LogP contribution >= 0.6 is 27.5 Å². The molecule has 7 aromatic rings. The number of alkyl halides is 9. The molecule has 8 heterocycles. The molecule has 0 bridgehead atoms. The number of pyridine rings is 1. The SMILES string of the molecule is COC(=O)c1nc(Cl)n2c1CCO[C@H](CF)C2.COc1cc(-c2nc(-c3cc(C)nc(C)c3)c3n2C[C@@H](CF)OCC3)ccc1C(F)F.COc1cc(-c2nc(Br)c3n2C[C@@H](CF)OCC3)ccc1C(F)F.COc1cc(B2OC(C)(C)C(C)(C)O2)ccc1C(F)F. The average molecular weight is 1380 g/mol. The summed E-state index contributed by atoms with van der Waals surface area (Å²) in [5, 5.41) is 0.157. The van der Waals surface area contributed by atoms with Crippen LogP contribution in [0.3, 0.4) is 0 Å². The van der Waals surface area contributed by atoms with Crippen LogP contribution in [0.25, 0.3) is 34.0 Å². The Morgan fingerprint density at radius 3 is 1.47 bits per heavy atom. The number of halogens is 11. The standard InChI is InChI=1S/C23H24F3N3O2.C16H16BrF3N2O2.C14H19BF2O3.C10H12ClFN2O3/c1-13-8-16(9-14(2)27-13)21-19-6-7-31-17(11-24)12-29(19)23(28-21)15-4-5-18(22(25)26)20(10-15)30-3;1-23-13-6-9(2-3-11(13)15(19)20)16-21-14(17)12-4-5-24-10(7-18)8-22(12)16;1-13(2)14(3,4)20-15(19-13)9-6-7-10(12(16)17)11(8-9)18-5;1-16-9(15)8-7-2-3-17-6(4-12)5-14(7)10(11)13-8/h4-5,8-10,17,22H,6-7,11-12H2,1-3H3;2-3,6,10,15H,4-5,7-8H2,1H3;6-8,12H,1-5H3;6H,2-5H2,1H3/t17-;10-;;6-/m11.1/s1. The van der Waals surface area contributed by atoms with Gasteiger partial charge in [0, 0.05) is 53.0 Å². The van der Waals surface area contributed by atoms with Gasteiger partial charge < -0.3 is 56.2 Å². The van der Waals surface area contributed by atoms with E-state index < -0.39 is 81.9 Å². The molecule has 1 fully saturated rings. The fourth-order valence-corrected chi connectivity index (χ4v) is 11.6. The summed E-state index contributed by atoms with van der Waals surface area (Å²) in [5.41, 5.74) is 6.56. The van der Waals surface area contributed by atoms with Crippen molar-refractivity contribution in [2.75, 3.05) is 68.3 Å². The zero-order chi connectivity index (χ0) is 66.9. The molecule has 3 aromatic carbocycles. The molecule has 1 saturated heterocycles. The number of hydrogen-bond acceptors (Lipinski definition) is 14. The number of methoxy groups -OCH3 is 4. The summed E-state index contributed by atoms with van der Waals surface area (Å²) in [6.45, 7) is 11.8. The van der Waals surface area contributed by atoms with E-state index in [1.165, 1.54) is 52.7 Å². The van der Waals surface area contributed by atoms with Gasteiger partial charge in [-0.05, 0) is 123 Å². The van der Waals surface area contributed by atoms with Gasteiger partial charge in [0.1, 0.15) is 71.8 Å². The van der Waals surface area contributed by atoms with Crippen LogP contribution in [-0.2, 0) is 67.2 Å². The molecule has 0 spiro atoms. The molecule has 4 aliphatic rings. The van der Waals surface area contributed by atoms with Gasteiger partial charge in [0.15, 0.2) is 5.69 Å². The number of imidazole rings is 3. The van der Waals surface area contributed by atoms with E-state index >= 15 is 0 Å². The summed E-state index contributed by atoms with van der Waals surface area (Å²) in [6, 6.07) is 17.3. The normalized spacial score (nSPS) is 18.2. The number of benzene rings is 3. The third-order valence-electron chi connectivity index (χ3n) is 16.1. The van der Waals surface area contributed by atoms with Crippen molar-refractivity contribution in [3.05, 3.63) is 127 Å². The molecule has 17 nitrogen and oxygen atoms in total. The summed E-state index contributed by atoms with van der Waals surface area (Å²) in [7, 11) is 4.77. The second-order valence-corrected chi connectivity index (χ2v) is 23.7. The highest BCUT2D eigenvalue weighted by Gasteiger charge is 2.52. The first kappa shape index (κ1) is 71.2. The zero-order valence-corrected chi connectivity index (χ0v) is 54.6. The van der Waals surface area contributed by atoms with Crippen molar-refractivity contribution in [2.24, 2.45) is 0 Å². The molecule has 4 aliphatic heterocycles. The van der Waals surface area contributed by atoms with Crippen LogP contribution in [-0.4, -0.2) is 145 Å². The maximum Gasteiger partial charge on any atom is 0.494 e. The molecule has 0 N–H and O–H groups in total. The van der Waals surface area contributed by atoms with E-state index in [-0.39, 0.29) is 58.0 Å². The minimum absolute atomic E-state index is 0.0916. The lowest BCUT2D eigenvalue weighted by molar-refractivity contribution is 0.00578. The predicted octanol–water partition coefficient (Wildman–Crippen LogP) is 13.4. The number of aryl methyl sites for hydroxylation is 2. The fraction of sp³-hybridized carbons (Fsp3) is 0.476. The highest BCUT2D eigenvalue weighted by Crippen LogP contribution is 2.40. The number of carbonyl (C=O) groups is 1. The average Bonchev–Trinajstić information content (AvgIpc) is 1.63. The Balaban J connectivity index is 0.000000162. The van der Waals surface area contributed by atoms with Gasteiger partial charge in [-0.15, -0.1) is 0 Å². The van der Waals surface area contributed by atoms with Gasteiger partial charge in [-0.3, -0.25) is 4.98 Å². The fourth-order valence-electron chi connectivity index (χ4n) is 10.7. The lowest BCUT2D eigenvalue weighted by atomic mass is 9.78. The van der Waals surface area contributed by atoms with E-state index in [1.807, 2.05) is 62.8 Å². The van der Waals surface area contributed by atoms with Crippen LogP contribution in [0.2, 0.25) is 5.28 Å². The van der Waals surface area contributed by atoms with E-state index in [1.54, 1.807) is 34.9 Å². The molecule has 0 aliphatic carbocycles. The molecule has 498 valence electrons. The molecule has 3 atom stereocenters. The Hall–Kier alpha value is -6.69. The third-order valence-corrected chi connectivity index (χ3v) is 17.0. The topological polar surface area (TPSA) is 166 Å². The van der Waals surface area contributed by atoms with Crippen LogP contribution in [0.15, 0.2) is 71.3 Å². The minimum Gasteiger partial charge on any atom is -0.496 e. The lowest BCUT2D eigenvalue weighted by Gasteiger charge is -2.32. The van der Waals surface area contributed by atoms with Crippen molar-refractivity contribution in [1.29, 1.82) is 0 Å². The van der Waals surface area contributed by atoms with Gasteiger partial charge in [-0.25, -0.2) is 59.3 Å².